The molecule has 1 unspecified atom stereocenters. The van der Waals surface area contributed by atoms with E-state index in [1.165, 1.54) is 0 Å². The van der Waals surface area contributed by atoms with Crippen LogP contribution in [0.15, 0.2) is 42.5 Å². The summed E-state index contributed by atoms with van der Waals surface area (Å²) in [4.78, 5) is 0. The minimum Gasteiger partial charge on any atom is -0.487 e. The first kappa shape index (κ1) is 15.3. The van der Waals surface area contributed by atoms with Gasteiger partial charge in [-0.2, -0.15) is 8.42 Å². The van der Waals surface area contributed by atoms with Gasteiger partial charge in [-0.1, -0.05) is 48.0 Å². The van der Waals surface area contributed by atoms with E-state index in [9.17, 15) is 8.42 Å². The summed E-state index contributed by atoms with van der Waals surface area (Å²) in [7, 11) is -3.47. The Morgan fingerprint density at radius 1 is 1.18 bits per heavy atom. The van der Waals surface area contributed by atoms with Crippen molar-refractivity contribution in [2.75, 3.05) is 12.9 Å². The summed E-state index contributed by atoms with van der Waals surface area (Å²) < 4.78 is 32.9. The average Bonchev–Trinajstić information content (AvgIpc) is 2.88. The highest BCUT2D eigenvalue weighted by Crippen LogP contribution is 2.41. The van der Waals surface area contributed by atoms with Gasteiger partial charge in [0.05, 0.1) is 6.26 Å². The standard InChI is InChI=1S/C16H15ClO4S/c1-22(18,19)20-10-12-9-11-5-4-7-14(16(11)21-12)13-6-2-3-8-15(13)17/h2-8,12H,9-10H2,1H3. The minimum atomic E-state index is -3.47. The first-order valence-electron chi connectivity index (χ1n) is 6.82. The largest absolute Gasteiger partial charge is 0.487 e. The molecule has 0 spiro atoms. The van der Waals surface area contributed by atoms with Crippen LogP contribution in [-0.2, 0) is 20.7 Å². The molecule has 2 aromatic rings. The van der Waals surface area contributed by atoms with Crippen LogP contribution in [0.4, 0.5) is 0 Å². The van der Waals surface area contributed by atoms with Gasteiger partial charge in [0.15, 0.2) is 0 Å². The second kappa shape index (κ2) is 5.91. The van der Waals surface area contributed by atoms with E-state index in [-0.39, 0.29) is 12.7 Å². The van der Waals surface area contributed by atoms with Gasteiger partial charge in [0, 0.05) is 22.6 Å². The topological polar surface area (TPSA) is 52.6 Å². The molecule has 22 heavy (non-hydrogen) atoms. The minimum absolute atomic E-state index is 0.00940. The average molecular weight is 339 g/mol. The van der Waals surface area contributed by atoms with Crippen LogP contribution < -0.4 is 4.74 Å². The Morgan fingerprint density at radius 3 is 2.64 bits per heavy atom. The quantitative estimate of drug-likeness (QED) is 0.803. The number of hydrogen-bond donors (Lipinski definition) is 0. The van der Waals surface area contributed by atoms with Gasteiger partial charge in [-0.15, -0.1) is 0 Å². The lowest BCUT2D eigenvalue weighted by molar-refractivity contribution is 0.153. The van der Waals surface area contributed by atoms with E-state index in [4.69, 9.17) is 20.5 Å². The molecule has 2 aromatic carbocycles. The van der Waals surface area contributed by atoms with Crippen LogP contribution in [-0.4, -0.2) is 27.4 Å². The van der Waals surface area contributed by atoms with E-state index < -0.39 is 10.1 Å². The van der Waals surface area contributed by atoms with Crippen molar-refractivity contribution in [2.45, 2.75) is 12.5 Å². The normalized spacial score (nSPS) is 17.1. The Bertz CT molecular complexity index is 802. The Balaban J connectivity index is 1.88. The lowest BCUT2D eigenvalue weighted by Crippen LogP contribution is -2.22. The van der Waals surface area contributed by atoms with Crippen molar-refractivity contribution >= 4 is 21.7 Å². The van der Waals surface area contributed by atoms with Crippen LogP contribution in [0.3, 0.4) is 0 Å². The fourth-order valence-electron chi connectivity index (χ4n) is 2.52. The zero-order valence-corrected chi connectivity index (χ0v) is 13.5. The molecule has 0 aliphatic carbocycles. The second-order valence-corrected chi connectivity index (χ2v) is 7.26. The van der Waals surface area contributed by atoms with Gasteiger partial charge in [-0.3, -0.25) is 4.18 Å². The predicted molar refractivity (Wildman–Crippen MR) is 85.8 cm³/mol. The molecule has 0 saturated carbocycles. The fraction of sp³-hybridized carbons (Fsp3) is 0.250. The lowest BCUT2D eigenvalue weighted by atomic mass is 10.0. The molecule has 1 aliphatic rings. The van der Waals surface area contributed by atoms with Crippen LogP contribution in [0, 0.1) is 0 Å². The summed E-state index contributed by atoms with van der Waals surface area (Å²) in [6.07, 6.45) is 1.33. The molecular formula is C16H15ClO4S. The van der Waals surface area contributed by atoms with Crippen molar-refractivity contribution in [1.82, 2.24) is 0 Å². The molecule has 0 radical (unpaired) electrons. The van der Waals surface area contributed by atoms with E-state index in [2.05, 4.69) is 0 Å². The van der Waals surface area contributed by atoms with Crippen molar-refractivity contribution in [3.63, 3.8) is 0 Å². The molecule has 0 amide bonds. The smallest absolute Gasteiger partial charge is 0.264 e. The summed E-state index contributed by atoms with van der Waals surface area (Å²) in [5.74, 6) is 0.748. The molecule has 1 atom stereocenters. The van der Waals surface area contributed by atoms with Gasteiger partial charge in [0.25, 0.3) is 10.1 Å². The van der Waals surface area contributed by atoms with Gasteiger partial charge in [-0.25, -0.2) is 0 Å². The SMILES string of the molecule is CS(=O)(=O)OCC1Cc2cccc(-c3ccccc3Cl)c2O1. The highest BCUT2D eigenvalue weighted by Gasteiger charge is 2.27. The van der Waals surface area contributed by atoms with Gasteiger partial charge in [0.1, 0.15) is 18.5 Å². The molecule has 0 fully saturated rings. The monoisotopic (exact) mass is 338 g/mol. The van der Waals surface area contributed by atoms with Crippen molar-refractivity contribution in [2.24, 2.45) is 0 Å². The molecule has 0 aromatic heterocycles. The van der Waals surface area contributed by atoms with Crippen molar-refractivity contribution < 1.29 is 17.3 Å². The van der Waals surface area contributed by atoms with Crippen LogP contribution in [0.2, 0.25) is 5.02 Å². The summed E-state index contributed by atoms with van der Waals surface area (Å²) in [6.45, 7) is 0.00940. The van der Waals surface area contributed by atoms with Gasteiger partial charge >= 0.3 is 0 Å². The first-order chi connectivity index (χ1) is 10.4. The lowest BCUT2D eigenvalue weighted by Gasteiger charge is -2.13. The molecule has 3 rings (SSSR count). The van der Waals surface area contributed by atoms with Crippen LogP contribution in [0.5, 0.6) is 5.75 Å². The first-order valence-corrected chi connectivity index (χ1v) is 9.01. The Morgan fingerprint density at radius 2 is 1.91 bits per heavy atom. The number of hydrogen-bond acceptors (Lipinski definition) is 4. The van der Waals surface area contributed by atoms with E-state index in [1.807, 2.05) is 42.5 Å². The zero-order valence-electron chi connectivity index (χ0n) is 12.0. The molecule has 6 heteroatoms. The van der Waals surface area contributed by atoms with E-state index in [1.54, 1.807) is 0 Å². The Kier molecular flexibility index (Phi) is 4.12. The molecule has 0 saturated heterocycles. The van der Waals surface area contributed by atoms with Gasteiger partial charge in [-0.05, 0) is 11.6 Å². The third kappa shape index (κ3) is 3.27. The van der Waals surface area contributed by atoms with Gasteiger partial charge in [0.2, 0.25) is 0 Å². The van der Waals surface area contributed by atoms with E-state index in [0.717, 1.165) is 28.7 Å². The molecule has 4 nitrogen and oxygen atoms in total. The highest BCUT2D eigenvalue weighted by atomic mass is 35.5. The van der Waals surface area contributed by atoms with Gasteiger partial charge < -0.3 is 4.74 Å². The third-order valence-electron chi connectivity index (χ3n) is 3.46. The maximum absolute atomic E-state index is 11.1. The maximum atomic E-state index is 11.1. The van der Waals surface area contributed by atoms with Crippen molar-refractivity contribution in [1.29, 1.82) is 0 Å². The molecule has 1 heterocycles. The molecule has 1 aliphatic heterocycles. The zero-order chi connectivity index (χ0) is 15.7. The number of halogens is 1. The second-order valence-electron chi connectivity index (χ2n) is 5.21. The number of fused-ring (bicyclic) bond motifs is 1. The Hall–Kier alpha value is -1.56. The fourth-order valence-corrected chi connectivity index (χ4v) is 3.16. The van der Waals surface area contributed by atoms with Crippen molar-refractivity contribution in [3.05, 3.63) is 53.1 Å². The number of rotatable bonds is 4. The van der Waals surface area contributed by atoms with Crippen LogP contribution >= 0.6 is 11.6 Å². The summed E-state index contributed by atoms with van der Waals surface area (Å²) in [6, 6.07) is 13.4. The molecular weight excluding hydrogens is 324 g/mol. The number of benzene rings is 2. The van der Waals surface area contributed by atoms with Crippen LogP contribution in [0.25, 0.3) is 11.1 Å². The molecule has 0 bridgehead atoms. The van der Waals surface area contributed by atoms with Crippen LogP contribution in [0.1, 0.15) is 5.56 Å². The summed E-state index contributed by atoms with van der Waals surface area (Å²) >= 11 is 6.26. The third-order valence-corrected chi connectivity index (χ3v) is 4.35. The molecule has 0 N–H and O–H groups in total. The maximum Gasteiger partial charge on any atom is 0.264 e. The summed E-state index contributed by atoms with van der Waals surface area (Å²) in [5, 5.41) is 0.648. The van der Waals surface area contributed by atoms with E-state index in [0.29, 0.717) is 11.4 Å². The number of para-hydroxylation sites is 1. The summed E-state index contributed by atoms with van der Waals surface area (Å²) in [5.41, 5.74) is 2.83. The number of ether oxygens (including phenoxy) is 1. The Labute approximate surface area is 134 Å². The van der Waals surface area contributed by atoms with Crippen molar-refractivity contribution in [3.8, 4) is 16.9 Å². The predicted octanol–water partition coefficient (Wildman–Crippen LogP) is 3.29. The highest BCUT2D eigenvalue weighted by molar-refractivity contribution is 7.85. The van der Waals surface area contributed by atoms with E-state index >= 15 is 0 Å². The molecule has 116 valence electrons.